The molecule has 8 heteroatoms. The number of aliphatic hydroxyl groups excluding tert-OH is 1. The van der Waals surface area contributed by atoms with E-state index in [-0.39, 0.29) is 41.6 Å². The van der Waals surface area contributed by atoms with Gasteiger partial charge in [-0.2, -0.15) is 0 Å². The van der Waals surface area contributed by atoms with E-state index in [1.807, 2.05) is 26.8 Å². The number of carbonyl (C=O) groups is 3. The minimum Gasteiger partial charge on any atom is -0.508 e. The van der Waals surface area contributed by atoms with Crippen LogP contribution in [0.25, 0.3) is 6.08 Å². The number of benzene rings is 1. The summed E-state index contributed by atoms with van der Waals surface area (Å²) < 4.78 is 11.6. The van der Waals surface area contributed by atoms with E-state index >= 15 is 0 Å². The number of phenols is 1. The standard InChI is InChI=1S/C31H37NO7/c1-6-21-8-10-23(33)17-27-20(5)14-22-15-24(34)16-25(30(22)38-27)32-29(36)12-7-19(4)31(37)39-28(13-18(2)3)26(35)11-9-21/h7,9,11,13-17,21,26,28,34-35H,6,8,10,12H2,1-5H3,(H,32,36)/b11-9?,19-7-,27-17-/t21-,26+,28+/m1/s1. The first-order chi connectivity index (χ1) is 18.5. The predicted molar refractivity (Wildman–Crippen MR) is 150 cm³/mol. The van der Waals surface area contributed by atoms with Crippen molar-refractivity contribution in [1.82, 2.24) is 0 Å². The van der Waals surface area contributed by atoms with Gasteiger partial charge in [0, 0.05) is 36.1 Å². The molecule has 2 bridgehead atoms. The number of nitrogens with one attached hydrogen (secondary N) is 1. The fourth-order valence-corrected chi connectivity index (χ4v) is 4.23. The molecule has 0 saturated heterocycles. The number of cyclic esters (lactones) is 1. The Bertz CT molecular complexity index is 1280. The van der Waals surface area contributed by atoms with Crippen molar-refractivity contribution < 1.29 is 34.1 Å². The molecule has 1 amide bonds. The lowest BCUT2D eigenvalue weighted by molar-refractivity contribution is -0.145. The van der Waals surface area contributed by atoms with E-state index in [1.54, 1.807) is 25.2 Å². The molecule has 8 nitrogen and oxygen atoms in total. The smallest absolute Gasteiger partial charge is 0.334 e. The Balaban J connectivity index is 2.00. The average molecular weight is 536 g/mol. The number of anilines is 1. The van der Waals surface area contributed by atoms with Crippen molar-refractivity contribution >= 4 is 29.4 Å². The maximum atomic E-state index is 12.8. The fraction of sp³-hybridized carbons (Fsp3) is 0.387. The van der Waals surface area contributed by atoms with Crippen LogP contribution in [0.1, 0.15) is 65.9 Å². The van der Waals surface area contributed by atoms with Gasteiger partial charge in [-0.3, -0.25) is 9.59 Å². The summed E-state index contributed by atoms with van der Waals surface area (Å²) in [4.78, 5) is 38.4. The third kappa shape index (κ3) is 8.29. The van der Waals surface area contributed by atoms with Gasteiger partial charge in [-0.1, -0.05) is 30.7 Å². The van der Waals surface area contributed by atoms with Crippen molar-refractivity contribution in [1.29, 1.82) is 0 Å². The normalized spacial score (nSPS) is 25.5. The van der Waals surface area contributed by atoms with Crippen LogP contribution in [0.4, 0.5) is 5.69 Å². The van der Waals surface area contributed by atoms with Gasteiger partial charge in [0.05, 0.1) is 5.69 Å². The summed E-state index contributed by atoms with van der Waals surface area (Å²) in [6, 6.07) is 2.88. The molecule has 0 fully saturated rings. The zero-order valence-electron chi connectivity index (χ0n) is 23.1. The first-order valence-electron chi connectivity index (χ1n) is 13.1. The molecule has 3 atom stereocenters. The van der Waals surface area contributed by atoms with Crippen molar-refractivity contribution in [3.63, 3.8) is 0 Å². The number of hydrogen-bond donors (Lipinski definition) is 3. The van der Waals surface area contributed by atoms with E-state index in [9.17, 15) is 24.6 Å². The summed E-state index contributed by atoms with van der Waals surface area (Å²) in [5.74, 6) is -0.574. The molecule has 0 aromatic heterocycles. The predicted octanol–water partition coefficient (Wildman–Crippen LogP) is 5.53. The number of rotatable bonds is 2. The first kappa shape index (κ1) is 29.6. The van der Waals surface area contributed by atoms with Gasteiger partial charge >= 0.3 is 5.97 Å². The Labute approximate surface area is 229 Å². The number of ketones is 1. The number of phenolic OH excluding ortho intramolecular Hbond substituents is 1. The Kier molecular flexibility index (Phi) is 10.1. The third-order valence-corrected chi connectivity index (χ3v) is 6.50. The van der Waals surface area contributed by atoms with E-state index < -0.39 is 24.1 Å². The lowest BCUT2D eigenvalue weighted by Crippen LogP contribution is -2.29. The topological polar surface area (TPSA) is 122 Å². The molecule has 2 aliphatic heterocycles. The Morgan fingerprint density at radius 3 is 2.54 bits per heavy atom. The van der Waals surface area contributed by atoms with E-state index in [0.29, 0.717) is 29.1 Å². The van der Waals surface area contributed by atoms with Gasteiger partial charge in [0.1, 0.15) is 23.7 Å². The number of hydrogen-bond acceptors (Lipinski definition) is 7. The maximum absolute atomic E-state index is 12.8. The quantitative estimate of drug-likeness (QED) is 0.336. The molecule has 0 radical (unpaired) electrons. The summed E-state index contributed by atoms with van der Waals surface area (Å²) in [7, 11) is 0. The molecule has 0 unspecified atom stereocenters. The molecule has 2 aliphatic rings. The summed E-state index contributed by atoms with van der Waals surface area (Å²) in [6.07, 6.45) is 9.25. The van der Waals surface area contributed by atoms with Crippen LogP contribution < -0.4 is 10.1 Å². The lowest BCUT2D eigenvalue weighted by atomic mass is 9.96. The SMILES string of the molecule is CC[C@H]1C=C[C@H](O)[C@H](C=C(C)C)OC(=O)/C(C)=C\CC(=O)Nc2cc(O)cc3c2O/C(=C\C(=O)CC1)C(C)=C3. The molecule has 0 aliphatic carbocycles. The highest BCUT2D eigenvalue weighted by Crippen LogP contribution is 2.40. The number of amides is 1. The Morgan fingerprint density at radius 1 is 1.10 bits per heavy atom. The third-order valence-electron chi connectivity index (χ3n) is 6.50. The second-order valence-corrected chi connectivity index (χ2v) is 10.2. The molecule has 1 aromatic rings. The van der Waals surface area contributed by atoms with Gasteiger partial charge in [-0.15, -0.1) is 0 Å². The van der Waals surface area contributed by atoms with Crippen LogP contribution in [0.3, 0.4) is 0 Å². The highest BCUT2D eigenvalue weighted by atomic mass is 16.6. The molecule has 3 N–H and O–H groups in total. The number of allylic oxidation sites excluding steroid dienone is 4. The zero-order valence-corrected chi connectivity index (χ0v) is 23.1. The minimum absolute atomic E-state index is 0.0340. The molecule has 0 saturated carbocycles. The van der Waals surface area contributed by atoms with Crippen molar-refractivity contribution in [2.75, 3.05) is 5.32 Å². The highest BCUT2D eigenvalue weighted by Gasteiger charge is 2.23. The summed E-state index contributed by atoms with van der Waals surface area (Å²) >= 11 is 0. The number of aliphatic hydroxyl groups is 1. The second-order valence-electron chi connectivity index (χ2n) is 10.2. The monoisotopic (exact) mass is 535 g/mol. The van der Waals surface area contributed by atoms with Gasteiger partial charge in [0.25, 0.3) is 0 Å². The number of fused-ring (bicyclic) bond motifs is 1. The molecule has 208 valence electrons. The highest BCUT2D eigenvalue weighted by molar-refractivity contribution is 5.97. The van der Waals surface area contributed by atoms with Crippen LogP contribution in [0, 0.1) is 5.92 Å². The summed E-state index contributed by atoms with van der Waals surface area (Å²) in [6.45, 7) is 9.03. The van der Waals surface area contributed by atoms with Gasteiger partial charge in [0.2, 0.25) is 5.91 Å². The molecular weight excluding hydrogens is 498 g/mol. The summed E-state index contributed by atoms with van der Waals surface area (Å²) in [5.41, 5.74) is 2.59. The van der Waals surface area contributed by atoms with Gasteiger partial charge in [0.15, 0.2) is 11.5 Å². The summed E-state index contributed by atoms with van der Waals surface area (Å²) in [5, 5.41) is 23.7. The average Bonchev–Trinajstić information content (AvgIpc) is 2.86. The molecule has 3 rings (SSSR count). The van der Waals surface area contributed by atoms with E-state index in [0.717, 1.165) is 12.0 Å². The maximum Gasteiger partial charge on any atom is 0.334 e. The van der Waals surface area contributed by atoms with Crippen LogP contribution in [-0.4, -0.2) is 40.1 Å². The Hall–Kier alpha value is -3.91. The van der Waals surface area contributed by atoms with Crippen molar-refractivity contribution in [3.05, 3.63) is 70.6 Å². The fourth-order valence-electron chi connectivity index (χ4n) is 4.23. The number of carbonyl (C=O) groups excluding carboxylic acids is 3. The van der Waals surface area contributed by atoms with E-state index in [4.69, 9.17) is 9.47 Å². The lowest BCUT2D eigenvalue weighted by Gasteiger charge is -2.22. The van der Waals surface area contributed by atoms with Crippen LogP contribution in [0.15, 0.2) is 65.0 Å². The zero-order chi connectivity index (χ0) is 28.7. The van der Waals surface area contributed by atoms with Crippen LogP contribution in [0.5, 0.6) is 11.5 Å². The van der Waals surface area contributed by atoms with E-state index in [1.165, 1.54) is 31.2 Å². The van der Waals surface area contributed by atoms with Gasteiger partial charge < -0.3 is 25.0 Å². The van der Waals surface area contributed by atoms with Crippen LogP contribution in [0.2, 0.25) is 0 Å². The number of aromatic hydroxyl groups is 1. The minimum atomic E-state index is -1.08. The second kappa shape index (κ2) is 13.2. The van der Waals surface area contributed by atoms with Crippen LogP contribution >= 0.6 is 0 Å². The molecule has 0 spiro atoms. The molecule has 2 heterocycles. The van der Waals surface area contributed by atoms with Crippen molar-refractivity contribution in [3.8, 4) is 11.5 Å². The van der Waals surface area contributed by atoms with Crippen LogP contribution in [-0.2, 0) is 19.1 Å². The van der Waals surface area contributed by atoms with Gasteiger partial charge in [-0.25, -0.2) is 4.79 Å². The molecule has 1 aromatic carbocycles. The number of ether oxygens (including phenoxy) is 2. The van der Waals surface area contributed by atoms with E-state index in [2.05, 4.69) is 5.32 Å². The molecular formula is C31H37NO7. The number of esters is 1. The Morgan fingerprint density at radius 2 is 1.85 bits per heavy atom. The van der Waals surface area contributed by atoms with Crippen molar-refractivity contribution in [2.24, 2.45) is 5.92 Å². The van der Waals surface area contributed by atoms with Crippen molar-refractivity contribution in [2.45, 2.75) is 72.5 Å². The molecule has 39 heavy (non-hydrogen) atoms. The largest absolute Gasteiger partial charge is 0.508 e. The first-order valence-corrected chi connectivity index (χ1v) is 13.1. The van der Waals surface area contributed by atoms with Gasteiger partial charge in [-0.05, 0) is 70.2 Å².